The summed E-state index contributed by atoms with van der Waals surface area (Å²) >= 11 is 0. The maximum absolute atomic E-state index is 14.7. The van der Waals surface area contributed by atoms with E-state index in [9.17, 15) is 37.5 Å². The second kappa shape index (κ2) is 30.3. The van der Waals surface area contributed by atoms with Crippen LogP contribution in [0.3, 0.4) is 0 Å². The Kier molecular flexibility index (Phi) is 22.8. The van der Waals surface area contributed by atoms with Crippen LogP contribution >= 0.6 is 0 Å². The van der Waals surface area contributed by atoms with Crippen LogP contribution in [0.4, 0.5) is 8.78 Å². The number of hydrogen-bond acceptors (Lipinski definition) is 9. The van der Waals surface area contributed by atoms with Gasteiger partial charge in [0, 0.05) is 107 Å². The Bertz CT molecular complexity index is 2540. The molecule has 0 bridgehead atoms. The van der Waals surface area contributed by atoms with Gasteiger partial charge in [0.2, 0.25) is 17.7 Å². The van der Waals surface area contributed by atoms with Crippen molar-refractivity contribution < 1.29 is 47.0 Å². The lowest BCUT2D eigenvalue weighted by Gasteiger charge is -2.37. The summed E-state index contributed by atoms with van der Waals surface area (Å²) in [7, 11) is 1.78. The molecule has 0 aliphatic carbocycles. The quantitative estimate of drug-likeness (QED) is 0.0626. The summed E-state index contributed by atoms with van der Waals surface area (Å²) in [6, 6.07) is 25.8. The van der Waals surface area contributed by atoms with Crippen LogP contribution in [0, 0.1) is 35.3 Å². The first-order chi connectivity index (χ1) is 39.8. The zero-order chi connectivity index (χ0) is 58.1. The van der Waals surface area contributed by atoms with Gasteiger partial charge in [-0.3, -0.25) is 28.8 Å². The normalized spacial score (nSPS) is 19.0. The minimum absolute atomic E-state index is 0.0236. The van der Waals surface area contributed by atoms with Crippen LogP contribution in [0.25, 0.3) is 11.1 Å². The summed E-state index contributed by atoms with van der Waals surface area (Å²) < 4.78 is 39.3. The van der Waals surface area contributed by atoms with E-state index in [-0.39, 0.29) is 95.8 Å². The molecule has 14 nitrogen and oxygen atoms in total. The van der Waals surface area contributed by atoms with Gasteiger partial charge in [0.05, 0.1) is 6.04 Å². The molecule has 0 saturated carbocycles. The first-order valence-corrected chi connectivity index (χ1v) is 30.3. The fourth-order valence-corrected chi connectivity index (χ4v) is 12.8. The molecule has 16 heteroatoms. The number of ketones is 1. The Morgan fingerprint density at radius 2 is 1.01 bits per heavy atom. The highest BCUT2D eigenvalue weighted by molar-refractivity contribution is 5.96. The maximum Gasteiger partial charge on any atom is 0.253 e. The zero-order valence-electron chi connectivity index (χ0n) is 48.6. The van der Waals surface area contributed by atoms with Crippen molar-refractivity contribution in [2.75, 3.05) is 72.7 Å². The molecule has 4 fully saturated rings. The smallest absolute Gasteiger partial charge is 0.253 e. The van der Waals surface area contributed by atoms with Crippen LogP contribution in [0.15, 0.2) is 97.1 Å². The highest BCUT2D eigenvalue weighted by atomic mass is 19.1. The monoisotopic (exact) mass is 1130 g/mol. The summed E-state index contributed by atoms with van der Waals surface area (Å²) in [5, 5.41) is 6.29. The predicted molar refractivity (Wildman–Crippen MR) is 313 cm³/mol. The van der Waals surface area contributed by atoms with E-state index in [2.05, 4.69) is 10.6 Å². The first kappa shape index (κ1) is 61.7. The fourth-order valence-electron chi connectivity index (χ4n) is 12.8. The third-order valence-corrected chi connectivity index (χ3v) is 17.9. The van der Waals surface area contributed by atoms with Crippen molar-refractivity contribution in [2.45, 2.75) is 135 Å². The molecule has 0 spiro atoms. The van der Waals surface area contributed by atoms with Crippen LogP contribution in [0.2, 0.25) is 0 Å². The van der Waals surface area contributed by atoms with E-state index in [0.29, 0.717) is 141 Å². The van der Waals surface area contributed by atoms with Gasteiger partial charge in [0.15, 0.2) is 5.78 Å². The highest BCUT2D eigenvalue weighted by Gasteiger charge is 2.42. The second-order valence-electron chi connectivity index (χ2n) is 23.0. The summed E-state index contributed by atoms with van der Waals surface area (Å²) in [6.45, 7) is 10.4. The molecule has 4 aliphatic rings. The summed E-state index contributed by atoms with van der Waals surface area (Å²) in [4.78, 5) is 93.3. The van der Waals surface area contributed by atoms with Gasteiger partial charge in [0.25, 0.3) is 11.8 Å². The zero-order valence-corrected chi connectivity index (χ0v) is 48.6. The molecule has 4 saturated heterocycles. The Balaban J connectivity index is 0.982. The van der Waals surface area contributed by atoms with Gasteiger partial charge in [-0.2, -0.15) is 0 Å². The Morgan fingerprint density at radius 1 is 0.573 bits per heavy atom. The molecule has 4 heterocycles. The molecule has 5 atom stereocenters. The van der Waals surface area contributed by atoms with Crippen molar-refractivity contribution in [1.82, 2.24) is 30.2 Å². The summed E-state index contributed by atoms with van der Waals surface area (Å²) in [6.07, 6.45) is 8.83. The van der Waals surface area contributed by atoms with Gasteiger partial charge in [-0.25, -0.2) is 8.78 Å². The number of nitrogens with one attached hydrogen (secondary N) is 2. The van der Waals surface area contributed by atoms with Crippen LogP contribution < -0.4 is 10.6 Å². The molecule has 4 aromatic rings. The lowest BCUT2D eigenvalue weighted by atomic mass is 9.80. The van der Waals surface area contributed by atoms with Crippen LogP contribution in [-0.2, 0) is 41.5 Å². The minimum Gasteiger partial charge on any atom is -0.381 e. The van der Waals surface area contributed by atoms with Crippen molar-refractivity contribution in [3.63, 3.8) is 0 Å². The number of carbonyl (C=O) groups is 6. The number of likely N-dealkylation sites (tertiary alicyclic amines) is 2. The molecular formula is C66H86F2N6O8. The average molecular weight is 1130 g/mol. The van der Waals surface area contributed by atoms with Crippen molar-refractivity contribution in [3.8, 4) is 11.1 Å². The minimum atomic E-state index is -0.685. The molecular weight excluding hydrogens is 1040 g/mol. The Labute approximate surface area is 484 Å². The predicted octanol–water partition coefficient (Wildman–Crippen LogP) is 9.33. The van der Waals surface area contributed by atoms with E-state index in [0.717, 1.165) is 35.1 Å². The maximum atomic E-state index is 14.7. The number of carbonyl (C=O) groups excluding carboxylic acids is 6. The van der Waals surface area contributed by atoms with E-state index in [1.165, 1.54) is 24.3 Å². The number of halogens is 2. The van der Waals surface area contributed by atoms with Crippen molar-refractivity contribution >= 4 is 35.3 Å². The van der Waals surface area contributed by atoms with E-state index in [4.69, 9.17) is 9.47 Å². The van der Waals surface area contributed by atoms with E-state index in [1.54, 1.807) is 65.4 Å². The fraction of sp³-hybridized carbons (Fsp3) is 0.545. The summed E-state index contributed by atoms with van der Waals surface area (Å²) in [5.41, 5.74) is 4.36. The molecule has 0 unspecified atom stereocenters. The molecule has 0 radical (unpaired) electrons. The van der Waals surface area contributed by atoms with Crippen molar-refractivity contribution in [1.29, 1.82) is 0 Å². The van der Waals surface area contributed by atoms with Crippen molar-refractivity contribution in [3.05, 3.63) is 131 Å². The molecule has 2 N–H and O–H groups in total. The van der Waals surface area contributed by atoms with Gasteiger partial charge in [0.1, 0.15) is 17.7 Å². The van der Waals surface area contributed by atoms with Gasteiger partial charge in [-0.05, 0) is 173 Å². The van der Waals surface area contributed by atoms with E-state index < -0.39 is 12.0 Å². The lowest BCUT2D eigenvalue weighted by Crippen LogP contribution is -2.56. The number of rotatable bonds is 26. The lowest BCUT2D eigenvalue weighted by molar-refractivity contribution is -0.142. The molecule has 4 aromatic carbocycles. The van der Waals surface area contributed by atoms with Crippen molar-refractivity contribution in [2.24, 2.45) is 23.7 Å². The summed E-state index contributed by atoms with van der Waals surface area (Å²) in [5.74, 6) is -2.00. The van der Waals surface area contributed by atoms with Gasteiger partial charge >= 0.3 is 0 Å². The number of benzene rings is 4. The Morgan fingerprint density at radius 3 is 1.44 bits per heavy atom. The molecule has 82 heavy (non-hydrogen) atoms. The number of hydrogen-bond donors (Lipinski definition) is 2. The molecule has 5 amide bonds. The standard InChI is InChI=1S/C66H86F2N6O8/c1-5-47(6-2)62(76)70-61(51-32-40-82-41-33-51)66(80)74-35-9-11-57(74)44-72(37-29-46-14-26-55(68)27-15-46)64(78)53-22-18-49(19-23-53)48-16-20-52(21-17-48)63(77)71(36-28-45-12-24-54(67)25-13-45)43-56-10-8-34-73(56)65(79)58(50-30-38-81-39-31-50)42-60(75)59(7-3)69-4/h12-27,47,50-51,56-59,61,69H,5-11,28-44H2,1-4H3,(H,70,76)/t56-,57-,58-,59-,61-/m0/s1. The first-order valence-electron chi connectivity index (χ1n) is 30.3. The molecule has 442 valence electrons. The number of Topliss-reactive ketones (excluding diaryl/α,β-unsaturated/α-hetero) is 1. The molecule has 4 aliphatic heterocycles. The second-order valence-corrected chi connectivity index (χ2v) is 23.0. The van der Waals surface area contributed by atoms with E-state index >= 15 is 0 Å². The van der Waals surface area contributed by atoms with Gasteiger partial charge in [-0.15, -0.1) is 0 Å². The van der Waals surface area contributed by atoms with Gasteiger partial charge in [-0.1, -0.05) is 69.3 Å². The third kappa shape index (κ3) is 16.0. The topological polar surface area (TPSA) is 158 Å². The molecule has 8 rings (SSSR count). The van der Waals surface area contributed by atoms with Crippen LogP contribution in [0.1, 0.15) is 130 Å². The Hall–Kier alpha value is -6.36. The van der Waals surface area contributed by atoms with Crippen LogP contribution in [-0.4, -0.2) is 152 Å². The SMILES string of the molecule is CCC(CC)C(=O)N[C@H](C(=O)N1CCC[C@H]1CN(CCc1ccc(F)cc1)C(=O)c1ccc(-c2ccc(C(=O)N(CCc3ccc(F)cc3)C[C@@H]3CCCN3C(=O)[C@@H](CC(=O)[C@H](CC)NC)C3CCOCC3)cc2)cc1)C1CCOCC1. The number of ether oxygens (including phenoxy) is 2. The number of amides is 5. The number of likely N-dealkylation sites (N-methyl/N-ethyl adjacent to an activating group) is 1. The largest absolute Gasteiger partial charge is 0.381 e. The van der Waals surface area contributed by atoms with Crippen LogP contribution in [0.5, 0.6) is 0 Å². The third-order valence-electron chi connectivity index (χ3n) is 17.9. The van der Waals surface area contributed by atoms with Gasteiger partial charge < -0.3 is 39.7 Å². The molecule has 0 aromatic heterocycles. The number of nitrogens with zero attached hydrogens (tertiary/aromatic N) is 4. The highest BCUT2D eigenvalue weighted by Crippen LogP contribution is 2.33. The van der Waals surface area contributed by atoms with E-state index in [1.807, 2.05) is 54.8 Å². The average Bonchev–Trinajstić information content (AvgIpc) is 4.23.